The van der Waals surface area contributed by atoms with Gasteiger partial charge in [-0.1, -0.05) is 30.3 Å². The minimum Gasteiger partial charge on any atom is -0.467 e. The Morgan fingerprint density at radius 2 is 1.55 bits per heavy atom. The summed E-state index contributed by atoms with van der Waals surface area (Å²) in [5.41, 5.74) is 5.59. The number of hydrazine groups is 1. The Bertz CT molecular complexity index is 975. The smallest absolute Gasteiger partial charge is 0.270 e. The summed E-state index contributed by atoms with van der Waals surface area (Å²) in [5, 5.41) is 2.75. The zero-order chi connectivity index (χ0) is 20.5. The lowest BCUT2D eigenvalue weighted by atomic mass is 10.2. The van der Waals surface area contributed by atoms with Crippen molar-refractivity contribution in [3.8, 4) is 0 Å². The molecule has 0 fully saturated rings. The third-order valence-corrected chi connectivity index (χ3v) is 4.93. The first kappa shape index (κ1) is 20.2. The van der Waals surface area contributed by atoms with E-state index in [9.17, 15) is 14.4 Å². The molecule has 7 nitrogen and oxygen atoms in total. The van der Waals surface area contributed by atoms with Crippen molar-refractivity contribution in [2.75, 3.05) is 5.75 Å². The van der Waals surface area contributed by atoms with E-state index in [1.54, 1.807) is 73.0 Å². The highest BCUT2D eigenvalue weighted by Crippen LogP contribution is 2.22. The lowest BCUT2D eigenvalue weighted by Crippen LogP contribution is -2.41. The fraction of sp³-hybridized carbons (Fsp3) is 0.0952. The first-order valence-corrected chi connectivity index (χ1v) is 9.78. The van der Waals surface area contributed by atoms with Gasteiger partial charge >= 0.3 is 0 Å². The zero-order valence-corrected chi connectivity index (χ0v) is 16.2. The van der Waals surface area contributed by atoms with E-state index in [1.165, 1.54) is 11.8 Å². The molecule has 0 atom stereocenters. The van der Waals surface area contributed by atoms with E-state index in [4.69, 9.17) is 4.42 Å². The summed E-state index contributed by atoms with van der Waals surface area (Å²) in [6.45, 7) is 0.306. The molecule has 0 aliphatic carbocycles. The Morgan fingerprint density at radius 3 is 2.31 bits per heavy atom. The standard InChI is InChI=1S/C21H19N3O4S/c25-19(22-13-16-9-6-12-28-16)14-29-18-11-5-4-10-17(18)21(27)24-23-20(26)15-7-2-1-3-8-15/h1-12H,13-14H2,(H,22,25)(H,23,26)(H,24,27). The van der Waals surface area contributed by atoms with E-state index < -0.39 is 11.8 Å². The van der Waals surface area contributed by atoms with E-state index in [0.29, 0.717) is 28.3 Å². The Labute approximate surface area is 171 Å². The van der Waals surface area contributed by atoms with Crippen molar-refractivity contribution in [2.45, 2.75) is 11.4 Å². The van der Waals surface area contributed by atoms with Gasteiger partial charge in [0.2, 0.25) is 5.91 Å². The summed E-state index contributed by atoms with van der Waals surface area (Å²) in [5.74, 6) is -0.257. The molecule has 3 aromatic rings. The van der Waals surface area contributed by atoms with Gasteiger partial charge in [-0.05, 0) is 36.4 Å². The normalized spacial score (nSPS) is 10.2. The second-order valence-electron chi connectivity index (χ2n) is 5.92. The SMILES string of the molecule is O=C(CSc1ccccc1C(=O)NNC(=O)c1ccccc1)NCc1ccco1. The Balaban J connectivity index is 1.53. The Morgan fingerprint density at radius 1 is 0.828 bits per heavy atom. The number of hydrogen-bond acceptors (Lipinski definition) is 5. The van der Waals surface area contributed by atoms with Crippen molar-refractivity contribution in [1.29, 1.82) is 0 Å². The molecule has 2 aromatic carbocycles. The first-order chi connectivity index (χ1) is 14.1. The summed E-state index contributed by atoms with van der Waals surface area (Å²) in [6.07, 6.45) is 1.54. The van der Waals surface area contributed by atoms with Crippen LogP contribution in [-0.2, 0) is 11.3 Å². The van der Waals surface area contributed by atoms with Crippen LogP contribution in [0.3, 0.4) is 0 Å². The van der Waals surface area contributed by atoms with Crippen molar-refractivity contribution in [1.82, 2.24) is 16.2 Å². The fourth-order valence-corrected chi connectivity index (χ4v) is 3.30. The van der Waals surface area contributed by atoms with E-state index in [0.717, 1.165) is 0 Å². The average Bonchev–Trinajstić information content (AvgIpc) is 3.29. The van der Waals surface area contributed by atoms with Gasteiger partial charge in [-0.15, -0.1) is 11.8 Å². The van der Waals surface area contributed by atoms with Crippen LogP contribution in [0, 0.1) is 0 Å². The highest BCUT2D eigenvalue weighted by molar-refractivity contribution is 8.00. The number of nitrogens with one attached hydrogen (secondary N) is 3. The monoisotopic (exact) mass is 409 g/mol. The Hall–Kier alpha value is -3.52. The minimum atomic E-state index is -0.464. The fourth-order valence-electron chi connectivity index (χ4n) is 2.42. The second kappa shape index (κ2) is 10.1. The van der Waals surface area contributed by atoms with Crippen LogP contribution < -0.4 is 16.2 Å². The topological polar surface area (TPSA) is 100 Å². The molecule has 1 heterocycles. The maximum absolute atomic E-state index is 12.5. The number of carbonyl (C=O) groups excluding carboxylic acids is 3. The van der Waals surface area contributed by atoms with E-state index >= 15 is 0 Å². The van der Waals surface area contributed by atoms with Gasteiger partial charge in [-0.25, -0.2) is 0 Å². The van der Waals surface area contributed by atoms with Crippen LogP contribution in [0.4, 0.5) is 0 Å². The molecule has 0 saturated carbocycles. The lowest BCUT2D eigenvalue weighted by Gasteiger charge is -2.11. The summed E-state index contributed by atoms with van der Waals surface area (Å²) in [4.78, 5) is 37.2. The van der Waals surface area contributed by atoms with Crippen LogP contribution in [0.15, 0.2) is 82.3 Å². The molecule has 0 unspecified atom stereocenters. The number of hydrogen-bond donors (Lipinski definition) is 3. The molecule has 0 bridgehead atoms. The minimum absolute atomic E-state index is 0.140. The van der Waals surface area contributed by atoms with E-state index in [1.807, 2.05) is 0 Å². The summed E-state index contributed by atoms with van der Waals surface area (Å²) < 4.78 is 5.17. The molecular formula is C21H19N3O4S. The van der Waals surface area contributed by atoms with Crippen LogP contribution in [0.1, 0.15) is 26.5 Å². The van der Waals surface area contributed by atoms with Crippen LogP contribution in [-0.4, -0.2) is 23.5 Å². The molecule has 3 amide bonds. The molecule has 29 heavy (non-hydrogen) atoms. The van der Waals surface area contributed by atoms with Crippen LogP contribution in [0.2, 0.25) is 0 Å². The number of carbonyl (C=O) groups is 3. The maximum atomic E-state index is 12.5. The summed E-state index contributed by atoms with van der Waals surface area (Å²) in [7, 11) is 0. The summed E-state index contributed by atoms with van der Waals surface area (Å²) in [6, 6.07) is 19.0. The first-order valence-electron chi connectivity index (χ1n) is 8.80. The number of rotatable bonds is 7. The summed E-state index contributed by atoms with van der Waals surface area (Å²) >= 11 is 1.24. The molecule has 148 valence electrons. The van der Waals surface area contributed by atoms with Crippen LogP contribution in [0.5, 0.6) is 0 Å². The average molecular weight is 409 g/mol. The molecule has 0 aliphatic rings. The lowest BCUT2D eigenvalue weighted by molar-refractivity contribution is -0.118. The number of benzene rings is 2. The largest absolute Gasteiger partial charge is 0.467 e. The molecule has 0 saturated heterocycles. The predicted molar refractivity (Wildman–Crippen MR) is 109 cm³/mol. The third-order valence-electron chi connectivity index (χ3n) is 3.86. The van der Waals surface area contributed by atoms with Crippen molar-refractivity contribution in [2.24, 2.45) is 0 Å². The highest BCUT2D eigenvalue weighted by atomic mass is 32.2. The zero-order valence-electron chi connectivity index (χ0n) is 15.4. The molecule has 0 radical (unpaired) electrons. The van der Waals surface area contributed by atoms with Crippen molar-refractivity contribution < 1.29 is 18.8 Å². The van der Waals surface area contributed by atoms with Crippen molar-refractivity contribution in [3.05, 3.63) is 89.9 Å². The highest BCUT2D eigenvalue weighted by Gasteiger charge is 2.14. The van der Waals surface area contributed by atoms with Gasteiger partial charge in [0.15, 0.2) is 0 Å². The van der Waals surface area contributed by atoms with Gasteiger partial charge in [0.05, 0.1) is 24.1 Å². The van der Waals surface area contributed by atoms with Gasteiger partial charge in [0.1, 0.15) is 5.76 Å². The second-order valence-corrected chi connectivity index (χ2v) is 6.93. The van der Waals surface area contributed by atoms with Gasteiger partial charge in [0, 0.05) is 10.5 Å². The van der Waals surface area contributed by atoms with Crippen molar-refractivity contribution in [3.63, 3.8) is 0 Å². The molecule has 3 N–H and O–H groups in total. The van der Waals surface area contributed by atoms with E-state index in [2.05, 4.69) is 16.2 Å². The third kappa shape index (κ3) is 5.98. The van der Waals surface area contributed by atoms with Crippen LogP contribution >= 0.6 is 11.8 Å². The van der Waals surface area contributed by atoms with Gasteiger partial charge in [-0.3, -0.25) is 25.2 Å². The van der Waals surface area contributed by atoms with Gasteiger partial charge in [-0.2, -0.15) is 0 Å². The number of thioether (sulfide) groups is 1. The molecule has 3 rings (SSSR count). The van der Waals surface area contributed by atoms with E-state index in [-0.39, 0.29) is 11.7 Å². The van der Waals surface area contributed by atoms with Gasteiger partial charge in [0.25, 0.3) is 11.8 Å². The molecule has 1 aromatic heterocycles. The Kier molecular flexibility index (Phi) is 7.07. The molecular weight excluding hydrogens is 390 g/mol. The van der Waals surface area contributed by atoms with Crippen molar-refractivity contribution >= 4 is 29.5 Å². The molecule has 0 spiro atoms. The maximum Gasteiger partial charge on any atom is 0.270 e. The quantitative estimate of drug-likeness (QED) is 0.412. The molecule has 8 heteroatoms. The van der Waals surface area contributed by atoms with Gasteiger partial charge < -0.3 is 9.73 Å². The predicted octanol–water partition coefficient (Wildman–Crippen LogP) is 2.76. The van der Waals surface area contributed by atoms with Crippen LogP contribution in [0.25, 0.3) is 0 Å². The molecule has 0 aliphatic heterocycles. The number of furan rings is 1. The number of amides is 3.